The molecule has 0 aliphatic heterocycles. The van der Waals surface area contributed by atoms with Crippen LogP contribution in [0.1, 0.15) is 56.1 Å². The zero-order valence-corrected chi connectivity index (χ0v) is 22.2. The van der Waals surface area contributed by atoms with E-state index in [1.54, 1.807) is 4.90 Å². The summed E-state index contributed by atoms with van der Waals surface area (Å²) in [5, 5.41) is 10.5. The standard InChI is InChI=1S/C23H31Cl2NO3.H3O4P.H2O/c1-23-9-8-18-17-5-3-16(29-22(28)26(12-10-24)13-11-25)14-15(17)2-4-19(18)20(23)6-7-21(23)27;1-5(2,3)4;/h3,5,14,18-21,27H,2,4,6-13H2,1H3;(H3,1,2,3,4);1H2/t18-,19-,20+,21+,23+;;/m1../s1. The van der Waals surface area contributed by atoms with Crippen molar-refractivity contribution in [3.8, 4) is 5.75 Å². The monoisotopic (exact) mass is 555 g/mol. The minimum atomic E-state index is -4.64. The zero-order chi connectivity index (χ0) is 25.1. The summed E-state index contributed by atoms with van der Waals surface area (Å²) < 4.78 is 14.5. The van der Waals surface area contributed by atoms with E-state index in [0.717, 1.165) is 38.5 Å². The molecule has 12 heteroatoms. The van der Waals surface area contributed by atoms with Gasteiger partial charge in [0, 0.05) is 24.8 Å². The van der Waals surface area contributed by atoms with E-state index in [9.17, 15) is 9.90 Å². The summed E-state index contributed by atoms with van der Waals surface area (Å²) in [4.78, 5) is 35.5. The second-order valence-electron chi connectivity index (χ2n) is 9.66. The smallest absolute Gasteiger partial charge is 0.412 e. The lowest BCUT2D eigenvalue weighted by molar-refractivity contribution is -0.0226. The number of benzene rings is 1. The predicted octanol–water partition coefficient (Wildman–Crippen LogP) is 3.43. The Morgan fingerprint density at radius 2 is 1.77 bits per heavy atom. The van der Waals surface area contributed by atoms with Crippen LogP contribution in [0.4, 0.5) is 4.79 Å². The van der Waals surface area contributed by atoms with Crippen LogP contribution in [-0.4, -0.2) is 67.2 Å². The number of rotatable bonds is 5. The molecule has 200 valence electrons. The number of carbonyl (C=O) groups excluding carboxylic acids is 1. The fourth-order valence-corrected chi connectivity index (χ4v) is 6.67. The van der Waals surface area contributed by atoms with Gasteiger partial charge in [-0.3, -0.25) is 0 Å². The van der Waals surface area contributed by atoms with E-state index in [1.807, 2.05) is 12.1 Å². The molecule has 0 heterocycles. The number of aryl methyl sites for hydroxylation is 1. The molecule has 1 aromatic carbocycles. The summed E-state index contributed by atoms with van der Waals surface area (Å²) in [7, 11) is -4.64. The fraction of sp³-hybridized carbons (Fsp3) is 0.696. The highest BCUT2D eigenvalue weighted by atomic mass is 35.5. The van der Waals surface area contributed by atoms with Crippen molar-refractivity contribution in [2.24, 2.45) is 17.3 Å². The number of nitrogens with zero attached hydrogens (tertiary/aromatic N) is 1. The summed E-state index contributed by atoms with van der Waals surface area (Å²) in [6, 6.07) is 6.13. The molecule has 0 aromatic heterocycles. The molecular weight excluding hydrogens is 520 g/mol. The number of fused-ring (bicyclic) bond motifs is 5. The number of aliphatic hydroxyl groups is 1. The number of carbonyl (C=O) groups is 1. The molecule has 6 N–H and O–H groups in total. The Kier molecular flexibility index (Phi) is 10.9. The van der Waals surface area contributed by atoms with E-state index in [-0.39, 0.29) is 17.0 Å². The van der Waals surface area contributed by atoms with Crippen LogP contribution in [0, 0.1) is 17.3 Å². The van der Waals surface area contributed by atoms with Crippen LogP contribution in [0.3, 0.4) is 0 Å². The van der Waals surface area contributed by atoms with Crippen LogP contribution in [0.15, 0.2) is 18.2 Å². The maximum absolute atomic E-state index is 12.4. The molecule has 5 atom stereocenters. The third-order valence-electron chi connectivity index (χ3n) is 7.82. The first kappa shape index (κ1) is 30.3. The second kappa shape index (κ2) is 12.6. The SMILES string of the molecule is C[C@]12CC[C@@H]3c4ccc(OC(=O)N(CCCl)CCCl)cc4CC[C@H]3[C@@H]1CC[C@@H]2O.O.O=P(O)(O)O. The van der Waals surface area contributed by atoms with Gasteiger partial charge in [-0.1, -0.05) is 13.0 Å². The normalized spacial score (nSPS) is 28.9. The molecule has 2 saturated carbocycles. The van der Waals surface area contributed by atoms with Gasteiger partial charge in [0.15, 0.2) is 0 Å². The number of amides is 1. The van der Waals surface area contributed by atoms with Crippen molar-refractivity contribution in [2.45, 2.75) is 57.5 Å². The zero-order valence-electron chi connectivity index (χ0n) is 19.8. The topological polar surface area (TPSA) is 159 Å². The molecule has 0 spiro atoms. The molecule has 9 nitrogen and oxygen atoms in total. The summed E-state index contributed by atoms with van der Waals surface area (Å²) in [6.07, 6.45) is 5.98. The van der Waals surface area contributed by atoms with Crippen LogP contribution in [0.5, 0.6) is 5.75 Å². The lowest BCUT2D eigenvalue weighted by atomic mass is 9.55. The lowest BCUT2D eigenvalue weighted by Gasteiger charge is -2.50. The van der Waals surface area contributed by atoms with Gasteiger partial charge in [-0.15, -0.1) is 23.2 Å². The van der Waals surface area contributed by atoms with E-state index < -0.39 is 13.9 Å². The number of aliphatic hydroxyl groups excluding tert-OH is 1. The third kappa shape index (κ3) is 7.33. The van der Waals surface area contributed by atoms with Crippen LogP contribution in [-0.2, 0) is 11.0 Å². The second-order valence-corrected chi connectivity index (χ2v) is 11.4. The molecule has 0 saturated heterocycles. The molecule has 0 radical (unpaired) electrons. The van der Waals surface area contributed by atoms with Gasteiger partial charge in [0.25, 0.3) is 0 Å². The Hall–Kier alpha value is -0.900. The molecule has 1 amide bonds. The molecule has 2 fully saturated rings. The molecule has 0 bridgehead atoms. The van der Waals surface area contributed by atoms with Gasteiger partial charge in [0.2, 0.25) is 0 Å². The minimum absolute atomic E-state index is 0. The highest BCUT2D eigenvalue weighted by Crippen LogP contribution is 2.60. The number of phosphoric acid groups is 1. The highest BCUT2D eigenvalue weighted by molar-refractivity contribution is 7.45. The van der Waals surface area contributed by atoms with Gasteiger partial charge in [-0.05, 0) is 85.0 Å². The first-order valence-corrected chi connectivity index (χ1v) is 14.3. The lowest BCUT2D eigenvalue weighted by Crippen LogP contribution is -2.43. The maximum atomic E-state index is 12.4. The fourth-order valence-electron chi connectivity index (χ4n) is 6.26. The van der Waals surface area contributed by atoms with Crippen molar-refractivity contribution in [3.63, 3.8) is 0 Å². The highest BCUT2D eigenvalue weighted by Gasteiger charge is 2.54. The summed E-state index contributed by atoms with van der Waals surface area (Å²) in [6.45, 7) is 3.15. The summed E-state index contributed by atoms with van der Waals surface area (Å²) >= 11 is 11.6. The molecule has 3 aliphatic carbocycles. The maximum Gasteiger partial charge on any atom is 0.466 e. The first-order chi connectivity index (χ1) is 16.0. The van der Waals surface area contributed by atoms with Crippen molar-refractivity contribution in [1.29, 1.82) is 0 Å². The minimum Gasteiger partial charge on any atom is -0.412 e. The van der Waals surface area contributed by atoms with Crippen molar-refractivity contribution < 1.29 is 39.4 Å². The number of halogens is 2. The largest absolute Gasteiger partial charge is 0.466 e. The summed E-state index contributed by atoms with van der Waals surface area (Å²) in [5.74, 6) is 3.16. The van der Waals surface area contributed by atoms with Gasteiger partial charge in [-0.2, -0.15) is 0 Å². The molecule has 35 heavy (non-hydrogen) atoms. The third-order valence-corrected chi connectivity index (χ3v) is 8.16. The number of alkyl halides is 2. The Morgan fingerprint density at radius 1 is 1.14 bits per heavy atom. The van der Waals surface area contributed by atoms with Crippen molar-refractivity contribution >= 4 is 37.1 Å². The van der Waals surface area contributed by atoms with Crippen LogP contribution in [0.2, 0.25) is 0 Å². The van der Waals surface area contributed by atoms with Crippen LogP contribution in [0.25, 0.3) is 0 Å². The van der Waals surface area contributed by atoms with E-state index in [0.29, 0.717) is 48.4 Å². The molecule has 4 rings (SSSR count). The van der Waals surface area contributed by atoms with Crippen molar-refractivity contribution in [2.75, 3.05) is 24.8 Å². The van der Waals surface area contributed by atoms with E-state index >= 15 is 0 Å². The van der Waals surface area contributed by atoms with Gasteiger partial charge in [-0.25, -0.2) is 9.36 Å². The number of hydrogen-bond acceptors (Lipinski definition) is 4. The quantitative estimate of drug-likeness (QED) is 0.319. The Morgan fingerprint density at radius 3 is 2.37 bits per heavy atom. The average Bonchev–Trinajstić information content (AvgIpc) is 3.06. The van der Waals surface area contributed by atoms with E-state index in [2.05, 4.69) is 13.0 Å². The average molecular weight is 556 g/mol. The Balaban J connectivity index is 0.000000656. The van der Waals surface area contributed by atoms with Gasteiger partial charge in [0.1, 0.15) is 5.75 Å². The molecule has 0 unspecified atom stereocenters. The first-order valence-electron chi connectivity index (χ1n) is 11.7. The molecule has 1 aromatic rings. The Labute approximate surface area is 215 Å². The van der Waals surface area contributed by atoms with E-state index in [1.165, 1.54) is 11.1 Å². The number of hydrogen-bond donors (Lipinski definition) is 4. The summed E-state index contributed by atoms with van der Waals surface area (Å²) in [5.41, 5.74) is 2.82. The van der Waals surface area contributed by atoms with Crippen molar-refractivity contribution in [1.82, 2.24) is 4.90 Å². The van der Waals surface area contributed by atoms with Gasteiger partial charge in [0.05, 0.1) is 6.10 Å². The van der Waals surface area contributed by atoms with Crippen molar-refractivity contribution in [3.05, 3.63) is 29.3 Å². The Bertz CT molecular complexity index is 901. The predicted molar refractivity (Wildman–Crippen MR) is 134 cm³/mol. The van der Waals surface area contributed by atoms with Crippen LogP contribution < -0.4 is 4.74 Å². The van der Waals surface area contributed by atoms with E-state index in [4.69, 9.17) is 47.2 Å². The van der Waals surface area contributed by atoms with Gasteiger partial charge < -0.3 is 34.9 Å². The number of ether oxygens (including phenoxy) is 1. The molecule has 3 aliphatic rings. The molecular formula is C23H36Cl2NO8P. The van der Waals surface area contributed by atoms with Crippen LogP contribution >= 0.6 is 31.0 Å². The van der Waals surface area contributed by atoms with Gasteiger partial charge >= 0.3 is 13.9 Å².